The first kappa shape index (κ1) is 20.1. The van der Waals surface area contributed by atoms with Crippen molar-refractivity contribution in [1.29, 1.82) is 0 Å². The summed E-state index contributed by atoms with van der Waals surface area (Å²) in [6, 6.07) is 21.8. The van der Waals surface area contributed by atoms with Gasteiger partial charge in [-0.25, -0.2) is 0 Å². The van der Waals surface area contributed by atoms with Gasteiger partial charge < -0.3 is 9.64 Å². The fourth-order valence-electron chi connectivity index (χ4n) is 4.20. The topological polar surface area (TPSA) is 46.6 Å². The minimum Gasteiger partial charge on any atom is -0.497 e. The molecule has 0 unspecified atom stereocenters. The van der Waals surface area contributed by atoms with Crippen molar-refractivity contribution in [1.82, 2.24) is 4.90 Å². The van der Waals surface area contributed by atoms with Gasteiger partial charge in [-0.3, -0.25) is 9.59 Å². The van der Waals surface area contributed by atoms with E-state index < -0.39 is 0 Å². The van der Waals surface area contributed by atoms with E-state index in [2.05, 4.69) is 0 Å². The maximum Gasteiger partial charge on any atom is 0.222 e. The third-order valence-corrected chi connectivity index (χ3v) is 5.97. The Hall–Kier alpha value is -3.14. The number of ketones is 1. The van der Waals surface area contributed by atoms with E-state index in [1.165, 1.54) is 0 Å². The van der Waals surface area contributed by atoms with Gasteiger partial charge in [-0.05, 0) is 53.8 Å². The standard InChI is InChI=1S/C26H27NO3/c1-30-24-13-8-19(9-14-24)10-15-25(28)27-16-4-7-23(18-27)26(29)22-12-11-20-5-2-3-6-21(20)17-22/h2-3,5-6,8-9,11-14,17,23H,4,7,10,15-16,18H2,1H3/t23-/m1/s1. The average molecular weight is 402 g/mol. The monoisotopic (exact) mass is 401 g/mol. The van der Waals surface area contributed by atoms with Crippen LogP contribution in [0.3, 0.4) is 0 Å². The lowest BCUT2D eigenvalue weighted by Crippen LogP contribution is -2.42. The van der Waals surface area contributed by atoms with E-state index >= 15 is 0 Å². The number of nitrogens with zero attached hydrogens (tertiary/aromatic N) is 1. The minimum absolute atomic E-state index is 0.121. The molecular formula is C26H27NO3. The first-order valence-electron chi connectivity index (χ1n) is 10.6. The van der Waals surface area contributed by atoms with Gasteiger partial charge in [-0.1, -0.05) is 48.5 Å². The molecule has 0 saturated carbocycles. The number of methoxy groups -OCH3 is 1. The molecule has 1 heterocycles. The number of piperidine rings is 1. The maximum absolute atomic E-state index is 13.1. The van der Waals surface area contributed by atoms with E-state index in [0.29, 0.717) is 19.4 Å². The van der Waals surface area contributed by atoms with Crippen LogP contribution in [0.25, 0.3) is 10.8 Å². The zero-order valence-corrected chi connectivity index (χ0v) is 17.3. The lowest BCUT2D eigenvalue weighted by Gasteiger charge is -2.32. The molecule has 1 saturated heterocycles. The van der Waals surface area contributed by atoms with Crippen molar-refractivity contribution in [3.05, 3.63) is 77.9 Å². The van der Waals surface area contributed by atoms with Crippen molar-refractivity contribution in [2.45, 2.75) is 25.7 Å². The Morgan fingerprint density at radius 2 is 1.77 bits per heavy atom. The zero-order chi connectivity index (χ0) is 20.9. The number of rotatable bonds is 6. The number of likely N-dealkylation sites (tertiary alicyclic amines) is 1. The van der Waals surface area contributed by atoms with Crippen LogP contribution in [0, 0.1) is 5.92 Å². The van der Waals surface area contributed by atoms with Crippen LogP contribution in [0.1, 0.15) is 35.2 Å². The summed E-state index contributed by atoms with van der Waals surface area (Å²) in [6.07, 6.45) is 2.87. The van der Waals surface area contributed by atoms with Crippen LogP contribution in [0.15, 0.2) is 66.7 Å². The zero-order valence-electron chi connectivity index (χ0n) is 17.3. The molecule has 1 fully saturated rings. The number of aryl methyl sites for hydroxylation is 1. The van der Waals surface area contributed by atoms with E-state index in [9.17, 15) is 9.59 Å². The highest BCUT2D eigenvalue weighted by molar-refractivity contribution is 6.01. The van der Waals surface area contributed by atoms with Gasteiger partial charge >= 0.3 is 0 Å². The molecule has 4 nitrogen and oxygen atoms in total. The number of carbonyl (C=O) groups is 2. The molecule has 4 heteroatoms. The van der Waals surface area contributed by atoms with Gasteiger partial charge in [0, 0.05) is 31.0 Å². The molecule has 154 valence electrons. The number of amides is 1. The largest absolute Gasteiger partial charge is 0.497 e. The molecule has 1 aliphatic rings. The molecule has 1 atom stereocenters. The van der Waals surface area contributed by atoms with Crippen LogP contribution < -0.4 is 4.74 Å². The highest BCUT2D eigenvalue weighted by Crippen LogP contribution is 2.24. The number of fused-ring (bicyclic) bond motifs is 1. The lowest BCUT2D eigenvalue weighted by atomic mass is 9.89. The van der Waals surface area contributed by atoms with Crippen LogP contribution in [-0.4, -0.2) is 36.8 Å². The van der Waals surface area contributed by atoms with Crippen molar-refractivity contribution in [2.24, 2.45) is 5.92 Å². The number of ether oxygens (including phenoxy) is 1. The van der Waals surface area contributed by atoms with E-state index in [-0.39, 0.29) is 17.6 Å². The predicted molar refractivity (Wildman–Crippen MR) is 119 cm³/mol. The molecule has 3 aromatic rings. The van der Waals surface area contributed by atoms with Crippen molar-refractivity contribution >= 4 is 22.5 Å². The second kappa shape index (κ2) is 9.12. The normalized spacial score (nSPS) is 16.4. The summed E-state index contributed by atoms with van der Waals surface area (Å²) in [5.41, 5.74) is 1.86. The van der Waals surface area contributed by atoms with Gasteiger partial charge in [-0.2, -0.15) is 0 Å². The summed E-state index contributed by atoms with van der Waals surface area (Å²) >= 11 is 0. The molecule has 0 bridgehead atoms. The predicted octanol–water partition coefficient (Wildman–Crippen LogP) is 4.90. The highest BCUT2D eigenvalue weighted by Gasteiger charge is 2.28. The Kier molecular flexibility index (Phi) is 6.12. The summed E-state index contributed by atoms with van der Waals surface area (Å²) in [5, 5.41) is 2.21. The molecule has 30 heavy (non-hydrogen) atoms. The molecular weight excluding hydrogens is 374 g/mol. The summed E-state index contributed by atoms with van der Waals surface area (Å²) in [4.78, 5) is 27.7. The van der Waals surface area contributed by atoms with Gasteiger partial charge in [0.2, 0.25) is 5.91 Å². The average Bonchev–Trinajstić information content (AvgIpc) is 2.82. The Labute approximate surface area is 177 Å². The molecule has 4 rings (SSSR count). The number of Topliss-reactive ketones (excluding diaryl/α,β-unsaturated/α-hetero) is 1. The fraction of sp³-hybridized carbons (Fsp3) is 0.308. The smallest absolute Gasteiger partial charge is 0.222 e. The van der Waals surface area contributed by atoms with Crippen molar-refractivity contribution in [3.8, 4) is 5.75 Å². The van der Waals surface area contributed by atoms with E-state index in [4.69, 9.17) is 4.74 Å². The van der Waals surface area contributed by atoms with Crippen LogP contribution in [0.2, 0.25) is 0 Å². The van der Waals surface area contributed by atoms with Gasteiger partial charge in [0.05, 0.1) is 7.11 Å². The minimum atomic E-state index is -0.121. The first-order chi connectivity index (χ1) is 14.6. The highest BCUT2D eigenvalue weighted by atomic mass is 16.5. The summed E-state index contributed by atoms with van der Waals surface area (Å²) in [5.74, 6) is 0.969. The van der Waals surface area contributed by atoms with Gasteiger partial charge in [0.25, 0.3) is 0 Å². The second-order valence-electron chi connectivity index (χ2n) is 7.95. The Balaban J connectivity index is 1.37. The first-order valence-corrected chi connectivity index (χ1v) is 10.6. The third-order valence-electron chi connectivity index (χ3n) is 5.97. The van der Waals surface area contributed by atoms with Crippen LogP contribution in [0.5, 0.6) is 5.75 Å². The molecule has 3 aromatic carbocycles. The summed E-state index contributed by atoms with van der Waals surface area (Å²) < 4.78 is 5.18. The number of benzene rings is 3. The SMILES string of the molecule is COc1ccc(CCC(=O)N2CCC[C@@H](C(=O)c3ccc4ccccc4c3)C2)cc1. The molecule has 0 spiro atoms. The van der Waals surface area contributed by atoms with Gasteiger partial charge in [0.15, 0.2) is 5.78 Å². The summed E-state index contributed by atoms with van der Waals surface area (Å²) in [7, 11) is 1.64. The quantitative estimate of drug-likeness (QED) is 0.552. The number of hydrogen-bond donors (Lipinski definition) is 0. The summed E-state index contributed by atoms with van der Waals surface area (Å²) in [6.45, 7) is 1.26. The fourth-order valence-corrected chi connectivity index (χ4v) is 4.20. The molecule has 1 aliphatic heterocycles. The molecule has 0 aromatic heterocycles. The maximum atomic E-state index is 13.1. The van der Waals surface area contributed by atoms with Crippen molar-refractivity contribution < 1.29 is 14.3 Å². The Morgan fingerprint density at radius 1 is 1.00 bits per heavy atom. The molecule has 0 aliphatic carbocycles. The molecule has 1 amide bonds. The van der Waals surface area contributed by atoms with Crippen molar-refractivity contribution in [3.63, 3.8) is 0 Å². The Morgan fingerprint density at radius 3 is 2.53 bits per heavy atom. The van der Waals surface area contributed by atoms with E-state index in [0.717, 1.165) is 47.0 Å². The number of hydrogen-bond acceptors (Lipinski definition) is 3. The van der Waals surface area contributed by atoms with Gasteiger partial charge in [-0.15, -0.1) is 0 Å². The Bertz CT molecular complexity index is 1040. The van der Waals surface area contributed by atoms with Crippen molar-refractivity contribution in [2.75, 3.05) is 20.2 Å². The van der Waals surface area contributed by atoms with Crippen LogP contribution >= 0.6 is 0 Å². The number of carbonyl (C=O) groups excluding carboxylic acids is 2. The second-order valence-corrected chi connectivity index (χ2v) is 7.95. The van der Waals surface area contributed by atoms with Gasteiger partial charge in [0.1, 0.15) is 5.75 Å². The third kappa shape index (κ3) is 4.54. The van der Waals surface area contributed by atoms with Crippen LogP contribution in [0.4, 0.5) is 0 Å². The van der Waals surface area contributed by atoms with E-state index in [1.54, 1.807) is 7.11 Å². The molecule has 0 radical (unpaired) electrons. The van der Waals surface area contributed by atoms with E-state index in [1.807, 2.05) is 71.6 Å². The van der Waals surface area contributed by atoms with Crippen LogP contribution in [-0.2, 0) is 11.2 Å². The lowest BCUT2D eigenvalue weighted by molar-refractivity contribution is -0.132. The molecule has 0 N–H and O–H groups in total.